The largest absolute Gasteiger partial charge is 0.488 e. The van der Waals surface area contributed by atoms with Gasteiger partial charge in [0, 0.05) is 38.4 Å². The van der Waals surface area contributed by atoms with E-state index in [0.717, 1.165) is 61.9 Å². The number of hydrogen-bond acceptors (Lipinski definition) is 3. The summed E-state index contributed by atoms with van der Waals surface area (Å²) in [4.78, 5) is 4.52. The van der Waals surface area contributed by atoms with Crippen LogP contribution in [0.1, 0.15) is 37.5 Å². The third-order valence-electron chi connectivity index (χ3n) is 4.99. The fourth-order valence-electron chi connectivity index (χ4n) is 3.54. The summed E-state index contributed by atoms with van der Waals surface area (Å²) >= 11 is 0. The fraction of sp³-hybridized carbons (Fsp3) is 0.478. The zero-order valence-corrected chi connectivity index (χ0v) is 17.5. The number of hydrogen-bond donors (Lipinski definition) is 0. The first-order valence-electron chi connectivity index (χ1n) is 9.94. The van der Waals surface area contributed by atoms with Crippen LogP contribution in [0.25, 0.3) is 0 Å². The maximum atomic E-state index is 12.7. The molecule has 3 rings (SSSR count). The Bertz CT molecular complexity index is 817. The monoisotopic (exact) mass is 406 g/mol. The highest BCUT2D eigenvalue weighted by Crippen LogP contribution is 2.31. The van der Waals surface area contributed by atoms with Crippen molar-refractivity contribution in [1.29, 1.82) is 0 Å². The van der Waals surface area contributed by atoms with Crippen molar-refractivity contribution in [2.75, 3.05) is 31.1 Å². The topological polar surface area (TPSA) is 15.7 Å². The van der Waals surface area contributed by atoms with Gasteiger partial charge in [-0.15, -0.1) is 0 Å². The first-order chi connectivity index (χ1) is 13.5. The van der Waals surface area contributed by atoms with Crippen molar-refractivity contribution in [1.82, 2.24) is 4.90 Å². The van der Waals surface area contributed by atoms with Gasteiger partial charge >= 0.3 is 6.18 Å². The van der Waals surface area contributed by atoms with Crippen molar-refractivity contribution in [3.63, 3.8) is 0 Å². The predicted octanol–water partition coefficient (Wildman–Crippen LogP) is 5.51. The van der Waals surface area contributed by atoms with E-state index in [2.05, 4.69) is 28.9 Å². The van der Waals surface area contributed by atoms with Crippen LogP contribution in [0.15, 0.2) is 42.5 Å². The number of anilines is 1. The molecule has 0 aliphatic carbocycles. The second-order valence-electron chi connectivity index (χ2n) is 8.62. The summed E-state index contributed by atoms with van der Waals surface area (Å²) in [7, 11) is 0. The highest BCUT2D eigenvalue weighted by molar-refractivity contribution is 5.48. The molecule has 0 N–H and O–H groups in total. The molecule has 158 valence electrons. The standard InChI is InChI=1S/C23H29F3N2O/c1-17-15-18(5-10-21(17)29-22(2,3)4)16-27-11-13-28(14-12-27)20-8-6-19(7-9-20)23(24,25)26/h5-10,15H,11-14,16H2,1-4H3. The van der Waals surface area contributed by atoms with Crippen LogP contribution in [0.5, 0.6) is 5.75 Å². The van der Waals surface area contributed by atoms with Gasteiger partial charge in [-0.1, -0.05) is 12.1 Å². The summed E-state index contributed by atoms with van der Waals surface area (Å²) in [6, 6.07) is 11.8. The zero-order valence-electron chi connectivity index (χ0n) is 17.5. The van der Waals surface area contributed by atoms with E-state index < -0.39 is 11.7 Å². The average Bonchev–Trinajstić information content (AvgIpc) is 2.63. The number of benzene rings is 2. The maximum absolute atomic E-state index is 12.7. The van der Waals surface area contributed by atoms with E-state index in [9.17, 15) is 13.2 Å². The molecule has 0 atom stereocenters. The molecule has 1 aliphatic rings. The van der Waals surface area contributed by atoms with Crippen LogP contribution in [0.4, 0.5) is 18.9 Å². The lowest BCUT2D eigenvalue weighted by Crippen LogP contribution is -2.46. The first kappa shape index (κ1) is 21.5. The van der Waals surface area contributed by atoms with E-state index in [1.54, 1.807) is 12.1 Å². The van der Waals surface area contributed by atoms with Crippen LogP contribution >= 0.6 is 0 Å². The van der Waals surface area contributed by atoms with Crippen molar-refractivity contribution >= 4 is 5.69 Å². The minimum atomic E-state index is -4.29. The number of aryl methyl sites for hydroxylation is 1. The highest BCUT2D eigenvalue weighted by atomic mass is 19.4. The molecule has 0 spiro atoms. The van der Waals surface area contributed by atoms with Gasteiger partial charge in [0.1, 0.15) is 11.4 Å². The number of alkyl halides is 3. The number of halogens is 3. The second kappa shape index (κ2) is 8.27. The summed E-state index contributed by atoms with van der Waals surface area (Å²) in [6.45, 7) is 12.4. The SMILES string of the molecule is Cc1cc(CN2CCN(c3ccc(C(F)(F)F)cc3)CC2)ccc1OC(C)(C)C. The normalized spacial score (nSPS) is 16.2. The summed E-state index contributed by atoms with van der Waals surface area (Å²) in [5.74, 6) is 0.911. The van der Waals surface area contributed by atoms with E-state index in [1.807, 2.05) is 26.8 Å². The van der Waals surface area contributed by atoms with E-state index in [-0.39, 0.29) is 5.60 Å². The number of piperazine rings is 1. The van der Waals surface area contributed by atoms with E-state index in [1.165, 1.54) is 5.56 Å². The second-order valence-corrected chi connectivity index (χ2v) is 8.62. The summed E-state index contributed by atoms with van der Waals surface area (Å²) < 4.78 is 44.2. The van der Waals surface area contributed by atoms with Crippen LogP contribution < -0.4 is 9.64 Å². The number of ether oxygens (including phenoxy) is 1. The van der Waals surface area contributed by atoms with Gasteiger partial charge in [-0.2, -0.15) is 13.2 Å². The van der Waals surface area contributed by atoms with Crippen molar-refractivity contribution in [3.05, 3.63) is 59.2 Å². The number of rotatable bonds is 4. The molecule has 0 aromatic heterocycles. The van der Waals surface area contributed by atoms with Gasteiger partial charge in [0.15, 0.2) is 0 Å². The van der Waals surface area contributed by atoms with E-state index in [4.69, 9.17) is 4.74 Å². The van der Waals surface area contributed by atoms with Gasteiger partial charge in [0.2, 0.25) is 0 Å². The highest BCUT2D eigenvalue weighted by Gasteiger charge is 2.30. The van der Waals surface area contributed by atoms with Crippen molar-refractivity contribution in [2.45, 2.75) is 46.0 Å². The van der Waals surface area contributed by atoms with Crippen molar-refractivity contribution in [2.24, 2.45) is 0 Å². The molecular weight excluding hydrogens is 377 g/mol. The van der Waals surface area contributed by atoms with Crippen LogP contribution in [-0.2, 0) is 12.7 Å². The van der Waals surface area contributed by atoms with E-state index in [0.29, 0.717) is 0 Å². The lowest BCUT2D eigenvalue weighted by Gasteiger charge is -2.36. The molecule has 0 bridgehead atoms. The fourth-order valence-corrected chi connectivity index (χ4v) is 3.54. The Balaban J connectivity index is 1.55. The molecule has 2 aromatic rings. The van der Waals surface area contributed by atoms with Crippen LogP contribution in [0, 0.1) is 6.92 Å². The molecule has 1 saturated heterocycles. The van der Waals surface area contributed by atoms with Gasteiger partial charge in [0.05, 0.1) is 5.56 Å². The molecule has 1 heterocycles. The molecule has 0 saturated carbocycles. The lowest BCUT2D eigenvalue weighted by molar-refractivity contribution is -0.137. The average molecular weight is 406 g/mol. The minimum absolute atomic E-state index is 0.221. The smallest absolute Gasteiger partial charge is 0.416 e. The Hall–Kier alpha value is -2.21. The summed E-state index contributed by atoms with van der Waals surface area (Å²) in [6.07, 6.45) is -4.29. The minimum Gasteiger partial charge on any atom is -0.488 e. The Morgan fingerprint density at radius 1 is 0.897 bits per heavy atom. The molecule has 1 aliphatic heterocycles. The Morgan fingerprint density at radius 3 is 2.03 bits per heavy atom. The molecule has 3 nitrogen and oxygen atoms in total. The quantitative estimate of drug-likeness (QED) is 0.666. The van der Waals surface area contributed by atoms with Crippen molar-refractivity contribution < 1.29 is 17.9 Å². The van der Waals surface area contributed by atoms with Crippen LogP contribution in [0.3, 0.4) is 0 Å². The molecule has 6 heteroatoms. The van der Waals surface area contributed by atoms with Crippen LogP contribution in [-0.4, -0.2) is 36.7 Å². The molecule has 0 amide bonds. The van der Waals surface area contributed by atoms with Gasteiger partial charge in [-0.3, -0.25) is 4.90 Å². The third kappa shape index (κ3) is 5.89. The molecule has 2 aromatic carbocycles. The van der Waals surface area contributed by atoms with Gasteiger partial charge in [-0.25, -0.2) is 0 Å². The van der Waals surface area contributed by atoms with Gasteiger partial charge in [-0.05, 0) is 69.2 Å². The van der Waals surface area contributed by atoms with E-state index >= 15 is 0 Å². The predicted molar refractivity (Wildman–Crippen MR) is 110 cm³/mol. The zero-order chi connectivity index (χ0) is 21.2. The maximum Gasteiger partial charge on any atom is 0.416 e. The third-order valence-corrected chi connectivity index (χ3v) is 4.99. The molecule has 1 fully saturated rings. The number of nitrogens with zero attached hydrogens (tertiary/aromatic N) is 2. The van der Waals surface area contributed by atoms with Crippen molar-refractivity contribution in [3.8, 4) is 5.75 Å². The summed E-state index contributed by atoms with van der Waals surface area (Å²) in [5, 5.41) is 0. The Labute approximate surface area is 171 Å². The summed E-state index contributed by atoms with van der Waals surface area (Å²) in [5.41, 5.74) is 2.39. The molecule has 0 unspecified atom stereocenters. The Morgan fingerprint density at radius 2 is 1.52 bits per heavy atom. The van der Waals surface area contributed by atoms with Crippen LogP contribution in [0.2, 0.25) is 0 Å². The first-order valence-corrected chi connectivity index (χ1v) is 9.94. The van der Waals surface area contributed by atoms with Gasteiger partial charge in [0.25, 0.3) is 0 Å². The molecule has 0 radical (unpaired) electrons. The van der Waals surface area contributed by atoms with Gasteiger partial charge < -0.3 is 9.64 Å². The molecular formula is C23H29F3N2O. The lowest BCUT2D eigenvalue weighted by atomic mass is 10.1. The Kier molecular flexibility index (Phi) is 6.13. The molecule has 29 heavy (non-hydrogen) atoms.